The lowest BCUT2D eigenvalue weighted by Gasteiger charge is -2.08. The first-order chi connectivity index (χ1) is 8.66. The number of thiophene rings is 1. The van der Waals surface area contributed by atoms with E-state index in [1.165, 1.54) is 8.66 Å². The van der Waals surface area contributed by atoms with E-state index in [1.54, 1.807) is 11.3 Å². The minimum Gasteiger partial charge on any atom is -0.312 e. The van der Waals surface area contributed by atoms with Gasteiger partial charge < -0.3 is 5.32 Å². The van der Waals surface area contributed by atoms with Gasteiger partial charge in [-0.3, -0.25) is 0 Å². The Labute approximate surface area is 129 Å². The predicted octanol–water partition coefficient (Wildman–Crippen LogP) is 5.15. The fourth-order valence-electron chi connectivity index (χ4n) is 1.61. The zero-order valence-corrected chi connectivity index (χ0v) is 13.5. The zero-order valence-electron chi connectivity index (χ0n) is 9.55. The van der Waals surface area contributed by atoms with E-state index in [0.29, 0.717) is 16.6 Å². The number of hydrogen-bond donors (Lipinski definition) is 1. The number of rotatable bonds is 5. The van der Waals surface area contributed by atoms with Crippen LogP contribution in [0, 0.1) is 0 Å². The standard InChI is InChI=1S/C13H12BrCl2NS/c14-13-5-4-9(18-13)6-7-17-8-10-11(15)2-1-3-12(10)16/h1-5,17H,6-8H2. The quantitative estimate of drug-likeness (QED) is 0.723. The van der Waals surface area contributed by atoms with E-state index < -0.39 is 0 Å². The number of nitrogens with one attached hydrogen (secondary N) is 1. The van der Waals surface area contributed by atoms with Gasteiger partial charge in [0, 0.05) is 33.6 Å². The lowest BCUT2D eigenvalue weighted by atomic mass is 10.2. The van der Waals surface area contributed by atoms with Crippen molar-refractivity contribution in [1.29, 1.82) is 0 Å². The Balaban J connectivity index is 1.82. The Morgan fingerprint density at radius 3 is 2.44 bits per heavy atom. The molecular formula is C13H12BrCl2NS. The molecule has 0 bridgehead atoms. The summed E-state index contributed by atoms with van der Waals surface area (Å²) >= 11 is 17.4. The SMILES string of the molecule is Clc1cccc(Cl)c1CNCCc1ccc(Br)s1. The molecule has 0 aliphatic carbocycles. The first-order valence-electron chi connectivity index (χ1n) is 5.54. The molecule has 1 aromatic carbocycles. The average molecular weight is 365 g/mol. The van der Waals surface area contributed by atoms with Crippen molar-refractivity contribution in [3.63, 3.8) is 0 Å². The second-order valence-corrected chi connectivity index (χ2v) is 7.19. The van der Waals surface area contributed by atoms with Crippen LogP contribution in [-0.4, -0.2) is 6.54 Å². The van der Waals surface area contributed by atoms with Crippen LogP contribution in [0.3, 0.4) is 0 Å². The maximum atomic E-state index is 6.10. The molecule has 2 rings (SSSR count). The van der Waals surface area contributed by atoms with E-state index in [-0.39, 0.29) is 0 Å². The summed E-state index contributed by atoms with van der Waals surface area (Å²) in [6.07, 6.45) is 1.01. The van der Waals surface area contributed by atoms with Crippen LogP contribution >= 0.6 is 50.5 Å². The molecular weight excluding hydrogens is 353 g/mol. The second kappa shape index (κ2) is 6.92. The van der Waals surface area contributed by atoms with Gasteiger partial charge in [0.2, 0.25) is 0 Å². The molecule has 0 unspecified atom stereocenters. The smallest absolute Gasteiger partial charge is 0.0701 e. The molecule has 0 atom stereocenters. The summed E-state index contributed by atoms with van der Waals surface area (Å²) < 4.78 is 1.17. The van der Waals surface area contributed by atoms with E-state index in [1.807, 2.05) is 18.2 Å². The highest BCUT2D eigenvalue weighted by Gasteiger charge is 2.04. The van der Waals surface area contributed by atoms with Crippen molar-refractivity contribution in [3.8, 4) is 0 Å². The zero-order chi connectivity index (χ0) is 13.0. The van der Waals surface area contributed by atoms with Crippen molar-refractivity contribution in [2.24, 2.45) is 0 Å². The number of halogens is 3. The van der Waals surface area contributed by atoms with E-state index in [2.05, 4.69) is 33.4 Å². The van der Waals surface area contributed by atoms with Crippen molar-refractivity contribution < 1.29 is 0 Å². The molecule has 0 radical (unpaired) electrons. The topological polar surface area (TPSA) is 12.0 Å². The molecule has 0 saturated heterocycles. The normalized spacial score (nSPS) is 10.8. The van der Waals surface area contributed by atoms with Gasteiger partial charge in [-0.15, -0.1) is 11.3 Å². The third-order valence-electron chi connectivity index (χ3n) is 2.54. The molecule has 0 fully saturated rings. The van der Waals surface area contributed by atoms with E-state index in [4.69, 9.17) is 23.2 Å². The Morgan fingerprint density at radius 1 is 1.11 bits per heavy atom. The summed E-state index contributed by atoms with van der Waals surface area (Å²) in [6.45, 7) is 1.61. The number of benzene rings is 1. The maximum absolute atomic E-state index is 6.10. The van der Waals surface area contributed by atoms with Crippen LogP contribution in [0.4, 0.5) is 0 Å². The van der Waals surface area contributed by atoms with Crippen LogP contribution in [0.5, 0.6) is 0 Å². The molecule has 1 aromatic heterocycles. The molecule has 1 nitrogen and oxygen atoms in total. The fourth-order valence-corrected chi connectivity index (χ4v) is 3.63. The molecule has 0 spiro atoms. The van der Waals surface area contributed by atoms with Crippen LogP contribution < -0.4 is 5.32 Å². The Kier molecular flexibility index (Phi) is 5.52. The Bertz CT molecular complexity index is 507. The molecule has 1 N–H and O–H groups in total. The monoisotopic (exact) mass is 363 g/mol. The van der Waals surface area contributed by atoms with Crippen LogP contribution in [0.2, 0.25) is 10.0 Å². The summed E-state index contributed by atoms with van der Waals surface area (Å²) in [5, 5.41) is 4.80. The van der Waals surface area contributed by atoms with Crippen LogP contribution in [0.1, 0.15) is 10.4 Å². The molecule has 1 heterocycles. The van der Waals surface area contributed by atoms with Gasteiger partial charge in [-0.25, -0.2) is 0 Å². The van der Waals surface area contributed by atoms with E-state index in [9.17, 15) is 0 Å². The third-order valence-corrected chi connectivity index (χ3v) is 4.93. The molecule has 0 saturated carbocycles. The van der Waals surface area contributed by atoms with Crippen molar-refractivity contribution in [2.45, 2.75) is 13.0 Å². The summed E-state index contributed by atoms with van der Waals surface area (Å²) in [6, 6.07) is 9.79. The van der Waals surface area contributed by atoms with E-state index in [0.717, 1.165) is 18.5 Å². The summed E-state index contributed by atoms with van der Waals surface area (Å²) in [5.41, 5.74) is 0.966. The van der Waals surface area contributed by atoms with Crippen LogP contribution in [-0.2, 0) is 13.0 Å². The predicted molar refractivity (Wildman–Crippen MR) is 83.9 cm³/mol. The molecule has 0 aliphatic heterocycles. The van der Waals surface area contributed by atoms with Crippen molar-refractivity contribution in [1.82, 2.24) is 5.32 Å². The Morgan fingerprint density at radius 2 is 1.83 bits per heavy atom. The third kappa shape index (κ3) is 3.97. The fraction of sp³-hybridized carbons (Fsp3) is 0.231. The van der Waals surface area contributed by atoms with Crippen molar-refractivity contribution >= 4 is 50.5 Å². The van der Waals surface area contributed by atoms with Gasteiger partial charge >= 0.3 is 0 Å². The highest BCUT2D eigenvalue weighted by molar-refractivity contribution is 9.11. The first kappa shape index (κ1) is 14.4. The highest BCUT2D eigenvalue weighted by atomic mass is 79.9. The van der Waals surface area contributed by atoms with Crippen molar-refractivity contribution in [3.05, 3.63) is 54.6 Å². The lowest BCUT2D eigenvalue weighted by Crippen LogP contribution is -2.16. The van der Waals surface area contributed by atoms with Gasteiger partial charge in [0.15, 0.2) is 0 Å². The highest BCUT2D eigenvalue weighted by Crippen LogP contribution is 2.24. The maximum Gasteiger partial charge on any atom is 0.0701 e. The van der Waals surface area contributed by atoms with Crippen LogP contribution in [0.15, 0.2) is 34.1 Å². The minimum absolute atomic E-state index is 0.699. The van der Waals surface area contributed by atoms with Crippen molar-refractivity contribution in [2.75, 3.05) is 6.54 Å². The molecule has 2 aromatic rings. The Hall–Kier alpha value is -0.0600. The van der Waals surface area contributed by atoms with Gasteiger partial charge in [0.05, 0.1) is 3.79 Å². The van der Waals surface area contributed by atoms with E-state index >= 15 is 0 Å². The van der Waals surface area contributed by atoms with Gasteiger partial charge in [-0.05, 0) is 46.6 Å². The summed E-state index contributed by atoms with van der Waals surface area (Å²) in [5.74, 6) is 0. The second-order valence-electron chi connectivity index (χ2n) is 3.83. The number of hydrogen-bond acceptors (Lipinski definition) is 2. The minimum atomic E-state index is 0.699. The van der Waals surface area contributed by atoms with Gasteiger partial charge in [-0.1, -0.05) is 29.3 Å². The summed E-state index contributed by atoms with van der Waals surface area (Å²) in [4.78, 5) is 1.36. The molecule has 5 heteroatoms. The van der Waals surface area contributed by atoms with Gasteiger partial charge in [0.1, 0.15) is 0 Å². The molecule has 0 amide bonds. The lowest BCUT2D eigenvalue weighted by molar-refractivity contribution is 0.691. The van der Waals surface area contributed by atoms with Gasteiger partial charge in [-0.2, -0.15) is 0 Å². The molecule has 18 heavy (non-hydrogen) atoms. The summed E-state index contributed by atoms with van der Waals surface area (Å²) in [7, 11) is 0. The molecule has 0 aliphatic rings. The average Bonchev–Trinajstić information content (AvgIpc) is 2.73. The van der Waals surface area contributed by atoms with Gasteiger partial charge in [0.25, 0.3) is 0 Å². The first-order valence-corrected chi connectivity index (χ1v) is 7.91. The van der Waals surface area contributed by atoms with Crippen LogP contribution in [0.25, 0.3) is 0 Å². The largest absolute Gasteiger partial charge is 0.312 e. The molecule has 96 valence electrons.